The molecular formula is C28H31N3O. The number of aryl methyl sites for hydroxylation is 4. The average Bonchev–Trinajstić information content (AvgIpc) is 3.21. The average molecular weight is 426 g/mol. The van der Waals surface area contributed by atoms with Gasteiger partial charge in [0, 0.05) is 30.4 Å². The second-order valence-corrected chi connectivity index (χ2v) is 9.01. The van der Waals surface area contributed by atoms with Gasteiger partial charge in [-0.05, 0) is 50.7 Å². The van der Waals surface area contributed by atoms with Gasteiger partial charge in [0.1, 0.15) is 11.3 Å². The minimum atomic E-state index is 0.0110. The molecule has 1 amide bonds. The van der Waals surface area contributed by atoms with E-state index in [1.165, 1.54) is 33.6 Å². The third-order valence-corrected chi connectivity index (χ3v) is 6.57. The van der Waals surface area contributed by atoms with Gasteiger partial charge in [-0.2, -0.15) is 0 Å². The predicted molar refractivity (Wildman–Crippen MR) is 131 cm³/mol. The zero-order valence-electron chi connectivity index (χ0n) is 19.2. The molecule has 164 valence electrons. The number of amides is 1. The van der Waals surface area contributed by atoms with Gasteiger partial charge < -0.3 is 9.88 Å². The molecule has 1 N–H and O–H groups in total. The Labute approximate surface area is 189 Å². The summed E-state index contributed by atoms with van der Waals surface area (Å²) in [7, 11) is 0. The first-order valence-electron chi connectivity index (χ1n) is 11.8. The summed E-state index contributed by atoms with van der Waals surface area (Å²) in [5.41, 5.74) is 10.3. The molecule has 0 bridgehead atoms. The van der Waals surface area contributed by atoms with Crippen LogP contribution >= 0.6 is 0 Å². The molecular weight excluding hydrogens is 394 g/mol. The van der Waals surface area contributed by atoms with Crippen LogP contribution in [0.15, 0.2) is 54.7 Å². The minimum Gasteiger partial charge on any atom is -0.351 e. The van der Waals surface area contributed by atoms with Gasteiger partial charge >= 0.3 is 0 Å². The highest BCUT2D eigenvalue weighted by Crippen LogP contribution is 2.39. The summed E-state index contributed by atoms with van der Waals surface area (Å²) in [6.45, 7) is 7.96. The highest BCUT2D eigenvalue weighted by atomic mass is 16.1. The number of carbonyl (C=O) groups is 1. The van der Waals surface area contributed by atoms with Crippen LogP contribution in [0.1, 0.15) is 53.4 Å². The van der Waals surface area contributed by atoms with Crippen molar-refractivity contribution in [1.29, 1.82) is 0 Å². The van der Waals surface area contributed by atoms with Crippen LogP contribution in [0.2, 0.25) is 0 Å². The third-order valence-electron chi connectivity index (χ3n) is 6.57. The molecule has 0 unspecified atom stereocenters. The highest BCUT2D eigenvalue weighted by Gasteiger charge is 2.29. The lowest BCUT2D eigenvalue weighted by molar-refractivity contribution is 0.0948. The molecule has 32 heavy (non-hydrogen) atoms. The van der Waals surface area contributed by atoms with Crippen molar-refractivity contribution in [3.05, 3.63) is 77.1 Å². The van der Waals surface area contributed by atoms with E-state index in [0.717, 1.165) is 49.0 Å². The molecule has 1 aliphatic rings. The third kappa shape index (κ3) is 3.44. The number of rotatable bonds is 5. The number of hydrogen-bond donors (Lipinski definition) is 1. The zero-order valence-corrected chi connectivity index (χ0v) is 19.2. The second-order valence-electron chi connectivity index (χ2n) is 9.01. The summed E-state index contributed by atoms with van der Waals surface area (Å²) in [5, 5.41) is 3.14. The Morgan fingerprint density at radius 2 is 1.59 bits per heavy atom. The number of nitrogens with one attached hydrogen (secondary N) is 1. The predicted octanol–water partition coefficient (Wildman–Crippen LogP) is 6.17. The first kappa shape index (κ1) is 20.6. The van der Waals surface area contributed by atoms with Crippen LogP contribution in [0.4, 0.5) is 0 Å². The van der Waals surface area contributed by atoms with Crippen LogP contribution in [0.5, 0.6) is 0 Å². The number of imidazole rings is 1. The largest absolute Gasteiger partial charge is 0.351 e. The van der Waals surface area contributed by atoms with E-state index in [1.807, 2.05) is 0 Å². The first-order valence-corrected chi connectivity index (χ1v) is 11.8. The second kappa shape index (κ2) is 8.34. The smallest absolute Gasteiger partial charge is 0.268 e. The summed E-state index contributed by atoms with van der Waals surface area (Å²) < 4.78 is 4.59. The van der Waals surface area contributed by atoms with E-state index in [1.54, 1.807) is 0 Å². The molecule has 0 radical (unpaired) electrons. The van der Waals surface area contributed by atoms with Gasteiger partial charge in [0.2, 0.25) is 0 Å². The molecule has 3 heterocycles. The van der Waals surface area contributed by atoms with Gasteiger partial charge in [-0.25, -0.2) is 0 Å². The van der Waals surface area contributed by atoms with Gasteiger partial charge in [0.15, 0.2) is 0 Å². The lowest BCUT2D eigenvalue weighted by atomic mass is 9.97. The molecule has 0 saturated carbocycles. The summed E-state index contributed by atoms with van der Waals surface area (Å²) in [4.78, 5) is 13.5. The molecule has 2 aromatic heterocycles. The number of aromatic nitrogens is 2. The number of nitrogens with zero attached hydrogens (tertiary/aromatic N) is 2. The van der Waals surface area contributed by atoms with Gasteiger partial charge in [-0.3, -0.25) is 9.20 Å². The van der Waals surface area contributed by atoms with Gasteiger partial charge in [0.25, 0.3) is 5.91 Å². The van der Waals surface area contributed by atoms with Crippen LogP contribution < -0.4 is 5.32 Å². The summed E-state index contributed by atoms with van der Waals surface area (Å²) in [6.07, 6.45) is 6.35. The van der Waals surface area contributed by atoms with Crippen LogP contribution in [0, 0.1) is 13.8 Å². The van der Waals surface area contributed by atoms with Crippen molar-refractivity contribution in [2.75, 3.05) is 6.54 Å². The zero-order chi connectivity index (χ0) is 22.2. The van der Waals surface area contributed by atoms with Crippen LogP contribution in [-0.2, 0) is 13.0 Å². The molecule has 0 fully saturated rings. The lowest BCUT2D eigenvalue weighted by Gasteiger charge is -2.10. The molecule has 0 atom stereocenters. The SMILES string of the molecule is CCCNC(=O)c1c(-c2ccc(C)cc2)c2c3n(c(-c4ccc(C)cc4)cn13)CCCC2. The van der Waals surface area contributed by atoms with Crippen molar-refractivity contribution in [3.63, 3.8) is 0 Å². The van der Waals surface area contributed by atoms with Crippen molar-refractivity contribution in [2.24, 2.45) is 0 Å². The van der Waals surface area contributed by atoms with Crippen LogP contribution in [-0.4, -0.2) is 21.4 Å². The van der Waals surface area contributed by atoms with E-state index in [9.17, 15) is 4.79 Å². The van der Waals surface area contributed by atoms with E-state index in [-0.39, 0.29) is 5.91 Å². The Bertz CT molecular complexity index is 1270. The van der Waals surface area contributed by atoms with E-state index >= 15 is 0 Å². The molecule has 0 spiro atoms. The number of hydrogen-bond acceptors (Lipinski definition) is 1. The molecule has 2 aromatic carbocycles. The molecule has 4 nitrogen and oxygen atoms in total. The van der Waals surface area contributed by atoms with Crippen molar-refractivity contribution in [1.82, 2.24) is 14.3 Å². The number of benzene rings is 2. The topological polar surface area (TPSA) is 38.4 Å². The molecule has 0 saturated heterocycles. The fraction of sp³-hybridized carbons (Fsp3) is 0.321. The van der Waals surface area contributed by atoms with Crippen molar-refractivity contribution in [2.45, 2.75) is 53.0 Å². The highest BCUT2D eigenvalue weighted by molar-refractivity contribution is 6.03. The van der Waals surface area contributed by atoms with Gasteiger partial charge in [-0.1, -0.05) is 66.6 Å². The Morgan fingerprint density at radius 1 is 0.938 bits per heavy atom. The summed E-state index contributed by atoms with van der Waals surface area (Å²) in [5.74, 6) is 0.0110. The fourth-order valence-corrected chi connectivity index (χ4v) is 4.92. The maximum Gasteiger partial charge on any atom is 0.268 e. The Hall–Kier alpha value is -3.27. The van der Waals surface area contributed by atoms with E-state index in [2.05, 4.69) is 89.8 Å². The lowest BCUT2D eigenvalue weighted by Crippen LogP contribution is -2.25. The number of carbonyl (C=O) groups excluding carboxylic acids is 1. The molecule has 0 aliphatic carbocycles. The minimum absolute atomic E-state index is 0.0110. The quantitative estimate of drug-likeness (QED) is 0.408. The van der Waals surface area contributed by atoms with E-state index in [0.29, 0.717) is 6.54 Å². The van der Waals surface area contributed by atoms with E-state index in [4.69, 9.17) is 0 Å². The van der Waals surface area contributed by atoms with Crippen molar-refractivity contribution < 1.29 is 4.79 Å². The van der Waals surface area contributed by atoms with Gasteiger partial charge in [0.05, 0.1) is 5.69 Å². The first-order chi connectivity index (χ1) is 15.6. The monoisotopic (exact) mass is 425 g/mol. The molecule has 1 aliphatic heterocycles. The molecule has 5 rings (SSSR count). The van der Waals surface area contributed by atoms with Gasteiger partial charge in [-0.15, -0.1) is 0 Å². The van der Waals surface area contributed by atoms with E-state index < -0.39 is 0 Å². The van der Waals surface area contributed by atoms with Crippen LogP contribution in [0.3, 0.4) is 0 Å². The normalized spacial score (nSPS) is 13.3. The molecule has 4 heteroatoms. The Morgan fingerprint density at radius 3 is 2.25 bits per heavy atom. The summed E-state index contributed by atoms with van der Waals surface area (Å²) in [6, 6.07) is 17.3. The Kier molecular flexibility index (Phi) is 5.38. The summed E-state index contributed by atoms with van der Waals surface area (Å²) >= 11 is 0. The van der Waals surface area contributed by atoms with Crippen molar-refractivity contribution in [3.8, 4) is 22.4 Å². The molecule has 4 aromatic rings. The standard InChI is InChI=1S/C28H31N3O/c1-4-16-29-27(32)26-25(22-14-10-20(3)11-15-22)23-7-5-6-17-30-24(18-31(26)28(23)30)21-12-8-19(2)9-13-21/h8-15,18H,4-7,16-17H2,1-3H3,(H,29,32). The maximum atomic E-state index is 13.5. The maximum absolute atomic E-state index is 13.5. The fourth-order valence-electron chi connectivity index (χ4n) is 4.92. The van der Waals surface area contributed by atoms with Crippen LogP contribution in [0.25, 0.3) is 28.0 Å². The van der Waals surface area contributed by atoms with Crippen molar-refractivity contribution >= 4 is 11.6 Å². The Balaban J connectivity index is 1.80.